The van der Waals surface area contributed by atoms with E-state index in [1.165, 1.54) is 0 Å². The Morgan fingerprint density at radius 1 is 1.12 bits per heavy atom. The first-order chi connectivity index (χ1) is 11.9. The number of nitrogens with one attached hydrogen (secondary N) is 2. The first-order valence-electron chi connectivity index (χ1n) is 7.86. The van der Waals surface area contributed by atoms with Crippen molar-refractivity contribution in [3.63, 3.8) is 0 Å². The van der Waals surface area contributed by atoms with Crippen LogP contribution >= 0.6 is 11.3 Å². The van der Waals surface area contributed by atoms with Gasteiger partial charge < -0.3 is 9.47 Å². The van der Waals surface area contributed by atoms with Crippen molar-refractivity contribution in [2.24, 2.45) is 0 Å². The van der Waals surface area contributed by atoms with Gasteiger partial charge in [-0.15, -0.1) is 16.4 Å². The van der Waals surface area contributed by atoms with Gasteiger partial charge in [-0.2, -0.15) is 4.79 Å². The summed E-state index contributed by atoms with van der Waals surface area (Å²) in [6.45, 7) is 10.4. The largest absolute Gasteiger partial charge is 0.444 e. The molecule has 142 valence electrons. The van der Waals surface area contributed by atoms with Crippen molar-refractivity contribution in [1.82, 2.24) is 9.89 Å². The summed E-state index contributed by atoms with van der Waals surface area (Å²) >= 11 is 1.13. The van der Waals surface area contributed by atoms with Crippen LogP contribution < -0.4 is 10.7 Å². The average Bonchev–Trinajstić information content (AvgIpc) is 2.96. The maximum absolute atomic E-state index is 12.0. The number of hydrogen-bond donors (Lipinski definition) is 2. The van der Waals surface area contributed by atoms with Crippen molar-refractivity contribution in [3.8, 4) is 0 Å². The summed E-state index contributed by atoms with van der Waals surface area (Å²) in [4.78, 5) is 36.6. The van der Waals surface area contributed by atoms with Crippen LogP contribution in [0.3, 0.4) is 0 Å². The van der Waals surface area contributed by atoms with E-state index in [2.05, 4.69) is 15.8 Å². The highest BCUT2D eigenvalue weighted by Crippen LogP contribution is 2.31. The Labute approximate surface area is 154 Å². The van der Waals surface area contributed by atoms with Gasteiger partial charge in [0.25, 0.3) is 0 Å². The summed E-state index contributed by atoms with van der Waals surface area (Å²) in [5.41, 5.74) is 1.56. The summed E-state index contributed by atoms with van der Waals surface area (Å²) < 4.78 is 10.9. The number of rotatable bonds is 3. The van der Waals surface area contributed by atoms with Gasteiger partial charge in [-0.25, -0.2) is 15.0 Å². The Bertz CT molecular complexity index is 779. The van der Waals surface area contributed by atoms with Crippen molar-refractivity contribution < 1.29 is 23.9 Å². The highest BCUT2D eigenvalue weighted by atomic mass is 32.1. The lowest BCUT2D eigenvalue weighted by Crippen LogP contribution is -2.32. The fraction of sp³-hybridized carbons (Fsp3) is 0.500. The van der Waals surface area contributed by atoms with Crippen LogP contribution in [0.2, 0.25) is 0 Å². The molecule has 2 heterocycles. The van der Waals surface area contributed by atoms with E-state index in [1.54, 1.807) is 47.6 Å². The second-order valence-corrected chi connectivity index (χ2v) is 8.57. The molecule has 0 aromatic carbocycles. The molecule has 2 rings (SSSR count). The van der Waals surface area contributed by atoms with Crippen LogP contribution in [0.1, 0.15) is 51.2 Å². The van der Waals surface area contributed by atoms with E-state index in [1.807, 2.05) is 0 Å². The van der Waals surface area contributed by atoms with Crippen LogP contribution in [-0.2, 0) is 9.47 Å². The molecule has 0 aliphatic heterocycles. The third-order valence-corrected chi connectivity index (χ3v) is 3.76. The lowest BCUT2D eigenvalue weighted by atomic mass is 10.2. The SMILES string of the molecule is CC(C)(C)OC(=O)Nc1nn(NC(=O)OC(C)(C)C)c2cc(C=O)sc12. The molecule has 0 fully saturated rings. The molecule has 2 amide bonds. The standard InChI is InChI=1S/C16H22N4O5S/c1-15(2,3)24-13(22)17-12-11-10(7-9(8-21)26-11)20(18-12)19-14(23)25-16(4,5)6/h7-8H,1-6H3,(H,19,23)(H,17,18,22). The fourth-order valence-corrected chi connectivity index (χ4v) is 2.83. The van der Waals surface area contributed by atoms with Gasteiger partial charge in [0.15, 0.2) is 12.1 Å². The maximum Gasteiger partial charge on any atom is 0.428 e. The Morgan fingerprint density at radius 3 is 2.23 bits per heavy atom. The van der Waals surface area contributed by atoms with Crippen LogP contribution in [0.5, 0.6) is 0 Å². The molecule has 0 spiro atoms. The van der Waals surface area contributed by atoms with Crippen molar-refractivity contribution in [2.75, 3.05) is 10.7 Å². The molecular formula is C16H22N4O5S. The normalized spacial score (nSPS) is 11.9. The van der Waals surface area contributed by atoms with Crippen molar-refractivity contribution in [1.29, 1.82) is 0 Å². The molecule has 0 aliphatic rings. The molecule has 26 heavy (non-hydrogen) atoms. The predicted molar refractivity (Wildman–Crippen MR) is 98.4 cm³/mol. The van der Waals surface area contributed by atoms with Gasteiger partial charge in [0.2, 0.25) is 0 Å². The molecule has 2 N–H and O–H groups in total. The number of ether oxygens (including phenoxy) is 2. The van der Waals surface area contributed by atoms with Crippen LogP contribution in [0.4, 0.5) is 15.4 Å². The second-order valence-electron chi connectivity index (χ2n) is 7.48. The summed E-state index contributed by atoms with van der Waals surface area (Å²) in [7, 11) is 0. The van der Waals surface area contributed by atoms with E-state index in [0.717, 1.165) is 16.1 Å². The summed E-state index contributed by atoms with van der Waals surface area (Å²) in [5, 5.41) is 6.68. The zero-order valence-corrected chi connectivity index (χ0v) is 16.3. The minimum absolute atomic E-state index is 0.170. The molecule has 0 saturated heterocycles. The van der Waals surface area contributed by atoms with E-state index in [4.69, 9.17) is 9.47 Å². The molecular weight excluding hydrogens is 360 g/mol. The molecule has 0 bridgehead atoms. The number of aldehydes is 1. The van der Waals surface area contributed by atoms with Gasteiger partial charge in [-0.1, -0.05) is 0 Å². The third-order valence-electron chi connectivity index (χ3n) is 2.71. The first-order valence-corrected chi connectivity index (χ1v) is 8.67. The van der Waals surface area contributed by atoms with Gasteiger partial charge in [0.1, 0.15) is 16.7 Å². The molecule has 0 radical (unpaired) electrons. The van der Waals surface area contributed by atoms with Crippen LogP contribution in [0, 0.1) is 0 Å². The summed E-state index contributed by atoms with van der Waals surface area (Å²) in [6, 6.07) is 1.55. The van der Waals surface area contributed by atoms with Gasteiger partial charge in [-0.3, -0.25) is 10.1 Å². The molecule has 0 unspecified atom stereocenters. The quantitative estimate of drug-likeness (QED) is 0.782. The van der Waals surface area contributed by atoms with E-state index in [0.29, 0.717) is 21.4 Å². The molecule has 10 heteroatoms. The lowest BCUT2D eigenvalue weighted by Gasteiger charge is -2.19. The number of carbonyl (C=O) groups excluding carboxylic acids is 3. The molecule has 0 aliphatic carbocycles. The number of thiophene rings is 1. The fourth-order valence-electron chi connectivity index (χ4n) is 1.94. The number of aromatic nitrogens is 2. The maximum atomic E-state index is 12.0. The minimum Gasteiger partial charge on any atom is -0.444 e. The van der Waals surface area contributed by atoms with Gasteiger partial charge in [0, 0.05) is 0 Å². The van der Waals surface area contributed by atoms with Crippen molar-refractivity contribution in [3.05, 3.63) is 10.9 Å². The smallest absolute Gasteiger partial charge is 0.428 e. The number of nitrogens with zero attached hydrogens (tertiary/aromatic N) is 2. The third kappa shape index (κ3) is 5.19. The zero-order valence-electron chi connectivity index (χ0n) is 15.5. The van der Waals surface area contributed by atoms with Crippen LogP contribution in [0.25, 0.3) is 10.2 Å². The van der Waals surface area contributed by atoms with Crippen LogP contribution in [-0.4, -0.2) is 39.6 Å². The lowest BCUT2D eigenvalue weighted by molar-refractivity contribution is 0.0608. The van der Waals surface area contributed by atoms with E-state index < -0.39 is 23.4 Å². The zero-order chi connectivity index (χ0) is 19.7. The van der Waals surface area contributed by atoms with Crippen molar-refractivity contribution in [2.45, 2.75) is 52.7 Å². The summed E-state index contributed by atoms with van der Waals surface area (Å²) in [6.07, 6.45) is -0.730. The number of anilines is 1. The Kier molecular flexibility index (Phi) is 5.26. The Balaban J connectivity index is 2.30. The van der Waals surface area contributed by atoms with E-state index in [9.17, 15) is 14.4 Å². The minimum atomic E-state index is -0.718. The van der Waals surface area contributed by atoms with E-state index in [-0.39, 0.29) is 5.82 Å². The van der Waals surface area contributed by atoms with Gasteiger partial charge >= 0.3 is 12.2 Å². The number of fused-ring (bicyclic) bond motifs is 1. The highest BCUT2D eigenvalue weighted by molar-refractivity contribution is 7.21. The average molecular weight is 382 g/mol. The molecule has 2 aromatic rings. The number of amides is 2. The summed E-state index contributed by atoms with van der Waals surface area (Å²) in [5.74, 6) is 0.170. The Morgan fingerprint density at radius 2 is 1.69 bits per heavy atom. The van der Waals surface area contributed by atoms with Gasteiger partial charge in [-0.05, 0) is 47.6 Å². The highest BCUT2D eigenvalue weighted by Gasteiger charge is 2.23. The first kappa shape index (κ1) is 19.7. The van der Waals surface area contributed by atoms with Gasteiger partial charge in [0.05, 0.1) is 9.58 Å². The second kappa shape index (κ2) is 6.94. The predicted octanol–water partition coefficient (Wildman–Crippen LogP) is 3.74. The van der Waals surface area contributed by atoms with Crippen molar-refractivity contribution >= 4 is 45.8 Å². The molecule has 9 nitrogen and oxygen atoms in total. The van der Waals surface area contributed by atoms with Crippen LogP contribution in [0.15, 0.2) is 6.07 Å². The van der Waals surface area contributed by atoms with E-state index >= 15 is 0 Å². The molecule has 2 aromatic heterocycles. The molecule has 0 atom stereocenters. The number of carbonyl (C=O) groups is 3. The number of hydrogen-bond acceptors (Lipinski definition) is 7. The Hall–Kier alpha value is -2.62. The molecule has 0 saturated carbocycles. The topological polar surface area (TPSA) is 112 Å². The monoisotopic (exact) mass is 382 g/mol.